The maximum absolute atomic E-state index is 14.1. The molecule has 0 atom stereocenters. The smallest absolute Gasteiger partial charge is 0.321 e. The third-order valence-electron chi connectivity index (χ3n) is 5.79. The Bertz CT molecular complexity index is 1760. The molecule has 0 fully saturated rings. The number of aromatic nitrogens is 3. The van der Waals surface area contributed by atoms with Crippen molar-refractivity contribution in [1.29, 1.82) is 0 Å². The monoisotopic (exact) mass is 507 g/mol. The summed E-state index contributed by atoms with van der Waals surface area (Å²) >= 11 is 1.13. The van der Waals surface area contributed by atoms with Crippen LogP contribution in [-0.2, 0) is 0 Å². The quantitative estimate of drug-likeness (QED) is 0.200. The maximum atomic E-state index is 14.1. The highest BCUT2D eigenvalue weighted by Gasteiger charge is 2.19. The van der Waals surface area contributed by atoms with E-state index in [1.54, 1.807) is 12.1 Å². The van der Waals surface area contributed by atoms with Gasteiger partial charge in [0.05, 0.1) is 16.3 Å². The standard InChI is InChI=1S/C28H18FN5O2S/c29-19-11-7-10-18(14-19)21-15-22(17-8-3-1-4-9-17)31-28-24(21)25(30)26(37-28)27(35)32-23-16-34(33-36-23)20-12-5-2-6-13-20/h1-16H,(H2-,30,32,33,35). The SMILES string of the molecule is Nc1c(/C([O-])=N/c2c[n+](-c3ccccc3)no2)sc2nc(-c3ccccc3)cc(-c3cccc(F)c3)c12. The number of aliphatic imine (C=N–C) groups is 1. The lowest BCUT2D eigenvalue weighted by Crippen LogP contribution is -2.30. The molecule has 0 amide bonds. The molecule has 0 aliphatic rings. The Kier molecular flexibility index (Phi) is 5.66. The summed E-state index contributed by atoms with van der Waals surface area (Å²) in [6.45, 7) is 0. The molecule has 0 aliphatic carbocycles. The molecule has 0 bridgehead atoms. The number of hydrogen-bond acceptors (Lipinski definition) is 7. The Morgan fingerprint density at radius 1 is 0.946 bits per heavy atom. The van der Waals surface area contributed by atoms with Crippen LogP contribution in [0.15, 0.2) is 107 Å². The van der Waals surface area contributed by atoms with Gasteiger partial charge in [-0.15, -0.1) is 11.3 Å². The van der Waals surface area contributed by atoms with Crippen LogP contribution in [0, 0.1) is 5.82 Å². The van der Waals surface area contributed by atoms with Gasteiger partial charge in [-0.2, -0.15) is 0 Å². The highest BCUT2D eigenvalue weighted by Crippen LogP contribution is 2.41. The zero-order chi connectivity index (χ0) is 25.4. The molecule has 0 radical (unpaired) electrons. The highest BCUT2D eigenvalue weighted by molar-refractivity contribution is 7.21. The summed E-state index contributed by atoms with van der Waals surface area (Å²) in [6, 6.07) is 27.0. The van der Waals surface area contributed by atoms with Gasteiger partial charge in [-0.1, -0.05) is 60.7 Å². The minimum Gasteiger partial charge on any atom is -0.857 e. The van der Waals surface area contributed by atoms with Crippen molar-refractivity contribution in [3.63, 3.8) is 0 Å². The van der Waals surface area contributed by atoms with Crippen molar-refractivity contribution < 1.29 is 18.7 Å². The molecule has 3 aromatic heterocycles. The Hall–Kier alpha value is -4.89. The number of rotatable bonds is 5. The minimum absolute atomic E-state index is 0.0361. The van der Waals surface area contributed by atoms with Gasteiger partial charge in [0.2, 0.25) is 11.0 Å². The van der Waals surface area contributed by atoms with Gasteiger partial charge in [0.25, 0.3) is 6.20 Å². The molecule has 2 N–H and O–H groups in total. The maximum Gasteiger partial charge on any atom is 0.321 e. The second-order valence-electron chi connectivity index (χ2n) is 8.19. The molecule has 7 nitrogen and oxygen atoms in total. The minimum atomic E-state index is -0.580. The summed E-state index contributed by atoms with van der Waals surface area (Å²) in [5.41, 5.74) is 10.4. The van der Waals surface area contributed by atoms with E-state index in [0.29, 0.717) is 27.0 Å². The fourth-order valence-electron chi connectivity index (χ4n) is 4.06. The van der Waals surface area contributed by atoms with Gasteiger partial charge < -0.3 is 10.8 Å². The Labute approximate surface area is 214 Å². The second-order valence-corrected chi connectivity index (χ2v) is 9.19. The largest absolute Gasteiger partial charge is 0.857 e. The van der Waals surface area contributed by atoms with E-state index in [1.165, 1.54) is 23.0 Å². The molecule has 6 rings (SSSR count). The first-order chi connectivity index (χ1) is 18.1. The number of nitrogens with zero attached hydrogens (tertiary/aromatic N) is 4. The summed E-state index contributed by atoms with van der Waals surface area (Å²) in [7, 11) is 0. The third-order valence-corrected chi connectivity index (χ3v) is 6.87. The van der Waals surface area contributed by atoms with E-state index >= 15 is 0 Å². The van der Waals surface area contributed by atoms with Gasteiger partial charge >= 0.3 is 5.88 Å². The van der Waals surface area contributed by atoms with Crippen LogP contribution in [-0.4, -0.2) is 16.2 Å². The fourth-order valence-corrected chi connectivity index (χ4v) is 5.06. The summed E-state index contributed by atoms with van der Waals surface area (Å²) in [4.78, 5) is 9.63. The number of nitrogens with two attached hydrogens (primary N) is 1. The first-order valence-electron chi connectivity index (χ1n) is 11.3. The van der Waals surface area contributed by atoms with Gasteiger partial charge in [-0.25, -0.2) is 14.4 Å². The molecule has 0 aliphatic heterocycles. The van der Waals surface area contributed by atoms with Crippen LogP contribution in [0.1, 0.15) is 4.88 Å². The summed E-state index contributed by atoms with van der Waals surface area (Å²) in [5.74, 6) is -0.918. The molecule has 9 heteroatoms. The molecule has 0 saturated heterocycles. The molecular formula is C28H18FN5O2S. The zero-order valence-corrected chi connectivity index (χ0v) is 20.0. The predicted molar refractivity (Wildman–Crippen MR) is 139 cm³/mol. The van der Waals surface area contributed by atoms with Gasteiger partial charge in [0.15, 0.2) is 0 Å². The van der Waals surface area contributed by atoms with Crippen LogP contribution in [0.2, 0.25) is 0 Å². The van der Waals surface area contributed by atoms with Crippen LogP contribution in [0.5, 0.6) is 0 Å². The van der Waals surface area contributed by atoms with E-state index in [9.17, 15) is 9.50 Å². The molecule has 0 unspecified atom stereocenters. The molecule has 3 aromatic carbocycles. The van der Waals surface area contributed by atoms with Crippen LogP contribution < -0.4 is 15.5 Å². The van der Waals surface area contributed by atoms with Crippen molar-refractivity contribution in [2.24, 2.45) is 4.99 Å². The topological polar surface area (TPSA) is 104 Å². The van der Waals surface area contributed by atoms with Crippen molar-refractivity contribution in [2.45, 2.75) is 0 Å². The molecule has 0 saturated carbocycles. The van der Waals surface area contributed by atoms with E-state index in [0.717, 1.165) is 22.6 Å². The van der Waals surface area contributed by atoms with Crippen molar-refractivity contribution in [2.75, 3.05) is 5.73 Å². The Balaban J connectivity index is 1.48. The normalized spacial score (nSPS) is 11.8. The van der Waals surface area contributed by atoms with Crippen LogP contribution in [0.4, 0.5) is 16.0 Å². The first-order valence-corrected chi connectivity index (χ1v) is 12.1. The van der Waals surface area contributed by atoms with Gasteiger partial charge in [-0.3, -0.25) is 4.52 Å². The van der Waals surface area contributed by atoms with Crippen molar-refractivity contribution in [1.82, 2.24) is 10.3 Å². The molecule has 3 heterocycles. The lowest BCUT2D eigenvalue weighted by atomic mass is 9.99. The summed E-state index contributed by atoms with van der Waals surface area (Å²) in [6.07, 6.45) is 1.51. The van der Waals surface area contributed by atoms with E-state index in [-0.39, 0.29) is 22.3 Å². The van der Waals surface area contributed by atoms with E-state index in [4.69, 9.17) is 15.2 Å². The van der Waals surface area contributed by atoms with Crippen molar-refractivity contribution >= 4 is 39.0 Å². The third kappa shape index (κ3) is 4.32. The average molecular weight is 508 g/mol. The number of fused-ring (bicyclic) bond motifs is 1. The Morgan fingerprint density at radius 3 is 2.43 bits per heavy atom. The summed E-state index contributed by atoms with van der Waals surface area (Å²) in [5, 5.41) is 17.7. The van der Waals surface area contributed by atoms with Crippen LogP contribution in [0.3, 0.4) is 0 Å². The number of thiophene rings is 1. The molecular weight excluding hydrogens is 489 g/mol. The number of halogens is 1. The molecule has 37 heavy (non-hydrogen) atoms. The van der Waals surface area contributed by atoms with E-state index in [2.05, 4.69) is 10.3 Å². The van der Waals surface area contributed by atoms with E-state index < -0.39 is 5.90 Å². The second kappa shape index (κ2) is 9.29. The van der Waals surface area contributed by atoms with Gasteiger partial charge in [-0.05, 0) is 34.0 Å². The average Bonchev–Trinajstić information content (AvgIpc) is 3.53. The van der Waals surface area contributed by atoms with Gasteiger partial charge in [0.1, 0.15) is 10.6 Å². The number of anilines is 1. The number of nitrogen functional groups attached to an aromatic ring is 1. The lowest BCUT2D eigenvalue weighted by molar-refractivity contribution is -0.670. The van der Waals surface area contributed by atoms with Crippen molar-refractivity contribution in [3.05, 3.63) is 108 Å². The van der Waals surface area contributed by atoms with Crippen molar-refractivity contribution in [3.8, 4) is 28.1 Å². The van der Waals surface area contributed by atoms with E-state index in [1.807, 2.05) is 66.7 Å². The van der Waals surface area contributed by atoms with Crippen LogP contribution >= 0.6 is 11.3 Å². The van der Waals surface area contributed by atoms with Gasteiger partial charge in [0, 0.05) is 29.0 Å². The zero-order valence-electron chi connectivity index (χ0n) is 19.2. The molecule has 0 spiro atoms. The summed E-state index contributed by atoms with van der Waals surface area (Å²) < 4.78 is 20.9. The Morgan fingerprint density at radius 2 is 1.68 bits per heavy atom. The first kappa shape index (κ1) is 22.6. The van der Waals surface area contributed by atoms with Crippen LogP contribution in [0.25, 0.3) is 38.3 Å². The lowest BCUT2D eigenvalue weighted by Gasteiger charge is -2.10. The molecule has 180 valence electrons. The number of para-hydroxylation sites is 1. The highest BCUT2D eigenvalue weighted by atomic mass is 32.1. The number of benzene rings is 3. The fraction of sp³-hybridized carbons (Fsp3) is 0. The molecule has 6 aromatic rings. The number of pyridine rings is 1. The predicted octanol–water partition coefficient (Wildman–Crippen LogP) is 5.05. The number of hydrogen-bond donors (Lipinski definition) is 1.